The van der Waals surface area contributed by atoms with E-state index in [-0.39, 0.29) is 18.2 Å². The molecule has 0 aliphatic carbocycles. The zero-order chi connectivity index (χ0) is 11.9. The number of pyridine rings is 1. The van der Waals surface area contributed by atoms with E-state index in [9.17, 15) is 5.11 Å². The van der Waals surface area contributed by atoms with Crippen LogP contribution in [0.15, 0.2) is 18.3 Å². The van der Waals surface area contributed by atoms with Gasteiger partial charge in [0.15, 0.2) is 5.75 Å². The van der Waals surface area contributed by atoms with E-state index < -0.39 is 0 Å². The van der Waals surface area contributed by atoms with Crippen LogP contribution in [-0.4, -0.2) is 29.8 Å². The van der Waals surface area contributed by atoms with Gasteiger partial charge in [-0.2, -0.15) is 0 Å². The molecule has 1 aliphatic heterocycles. The molecule has 2 N–H and O–H groups in total. The summed E-state index contributed by atoms with van der Waals surface area (Å²) in [6.07, 6.45) is 6.43. The lowest BCUT2D eigenvalue weighted by Crippen LogP contribution is -2.29. The van der Waals surface area contributed by atoms with Crippen LogP contribution in [0.5, 0.6) is 11.6 Å². The molecule has 0 bridgehead atoms. The van der Waals surface area contributed by atoms with E-state index >= 15 is 0 Å². The number of aromatic nitrogens is 1. The SMILES string of the molecule is Cl.Oc1cccnc1OCCCC1CCCNC1. The van der Waals surface area contributed by atoms with Gasteiger partial charge in [0.25, 0.3) is 5.88 Å². The van der Waals surface area contributed by atoms with Crippen molar-refractivity contribution in [2.24, 2.45) is 5.92 Å². The molecule has 0 aromatic carbocycles. The Bertz CT molecular complexity index is 344. The van der Waals surface area contributed by atoms with E-state index in [1.54, 1.807) is 18.3 Å². The fraction of sp³-hybridized carbons (Fsp3) is 0.615. The van der Waals surface area contributed by atoms with Gasteiger partial charge in [-0.1, -0.05) is 0 Å². The molecule has 1 fully saturated rings. The monoisotopic (exact) mass is 272 g/mol. The van der Waals surface area contributed by atoms with Crippen LogP contribution in [-0.2, 0) is 0 Å². The van der Waals surface area contributed by atoms with Gasteiger partial charge >= 0.3 is 0 Å². The highest BCUT2D eigenvalue weighted by Crippen LogP contribution is 2.22. The summed E-state index contributed by atoms with van der Waals surface area (Å²) in [7, 11) is 0. The minimum Gasteiger partial charge on any atom is -0.503 e. The van der Waals surface area contributed by atoms with Crippen molar-refractivity contribution in [2.45, 2.75) is 25.7 Å². The molecule has 102 valence electrons. The van der Waals surface area contributed by atoms with Gasteiger partial charge < -0.3 is 15.2 Å². The Balaban J connectivity index is 0.00000162. The quantitative estimate of drug-likeness (QED) is 0.808. The van der Waals surface area contributed by atoms with Crippen LogP contribution in [0, 0.1) is 5.92 Å². The number of rotatable bonds is 5. The van der Waals surface area contributed by atoms with Crippen LogP contribution in [0.3, 0.4) is 0 Å². The molecule has 5 heteroatoms. The minimum absolute atomic E-state index is 0. The van der Waals surface area contributed by atoms with Crippen molar-refractivity contribution in [1.29, 1.82) is 0 Å². The molecular weight excluding hydrogens is 252 g/mol. The summed E-state index contributed by atoms with van der Waals surface area (Å²) in [6, 6.07) is 3.28. The van der Waals surface area contributed by atoms with Crippen LogP contribution in [0.1, 0.15) is 25.7 Å². The molecule has 1 unspecified atom stereocenters. The average Bonchev–Trinajstić information content (AvgIpc) is 2.38. The molecule has 1 atom stereocenters. The topological polar surface area (TPSA) is 54.4 Å². The first-order chi connectivity index (χ1) is 8.36. The summed E-state index contributed by atoms with van der Waals surface area (Å²) in [6.45, 7) is 2.92. The van der Waals surface area contributed by atoms with Crippen molar-refractivity contribution < 1.29 is 9.84 Å². The molecule has 1 aromatic rings. The molecule has 1 saturated heterocycles. The van der Waals surface area contributed by atoms with Crippen LogP contribution in [0.4, 0.5) is 0 Å². The molecule has 2 rings (SSSR count). The highest BCUT2D eigenvalue weighted by Gasteiger charge is 2.12. The van der Waals surface area contributed by atoms with Gasteiger partial charge in [0, 0.05) is 6.20 Å². The number of nitrogens with zero attached hydrogens (tertiary/aromatic N) is 1. The van der Waals surface area contributed by atoms with Crippen molar-refractivity contribution in [3.63, 3.8) is 0 Å². The maximum absolute atomic E-state index is 9.46. The molecule has 0 amide bonds. The molecule has 2 heterocycles. The fourth-order valence-electron chi connectivity index (χ4n) is 2.20. The van der Waals surface area contributed by atoms with E-state index in [0.717, 1.165) is 25.4 Å². The summed E-state index contributed by atoms with van der Waals surface area (Å²) < 4.78 is 5.45. The van der Waals surface area contributed by atoms with E-state index in [4.69, 9.17) is 4.74 Å². The van der Waals surface area contributed by atoms with Gasteiger partial charge in [-0.15, -0.1) is 12.4 Å². The highest BCUT2D eigenvalue weighted by atomic mass is 35.5. The van der Waals surface area contributed by atoms with Gasteiger partial charge in [-0.25, -0.2) is 4.98 Å². The van der Waals surface area contributed by atoms with E-state index in [0.29, 0.717) is 12.5 Å². The number of hydrogen-bond donors (Lipinski definition) is 2. The van der Waals surface area contributed by atoms with Crippen molar-refractivity contribution in [3.05, 3.63) is 18.3 Å². The molecule has 1 aromatic heterocycles. The zero-order valence-electron chi connectivity index (χ0n) is 10.5. The maximum Gasteiger partial charge on any atom is 0.256 e. The molecule has 0 spiro atoms. The number of nitrogens with one attached hydrogen (secondary N) is 1. The molecule has 18 heavy (non-hydrogen) atoms. The predicted molar refractivity (Wildman–Crippen MR) is 73.5 cm³/mol. The zero-order valence-corrected chi connectivity index (χ0v) is 11.3. The number of aromatic hydroxyl groups is 1. The van der Waals surface area contributed by atoms with Crippen LogP contribution in [0.25, 0.3) is 0 Å². The van der Waals surface area contributed by atoms with Crippen molar-refractivity contribution in [2.75, 3.05) is 19.7 Å². The Labute approximate surface area is 114 Å². The largest absolute Gasteiger partial charge is 0.503 e. The smallest absolute Gasteiger partial charge is 0.256 e. The van der Waals surface area contributed by atoms with E-state index in [2.05, 4.69) is 10.3 Å². The van der Waals surface area contributed by atoms with Crippen molar-refractivity contribution in [1.82, 2.24) is 10.3 Å². The van der Waals surface area contributed by atoms with Gasteiger partial charge in [0.1, 0.15) is 0 Å². The predicted octanol–water partition coefficient (Wildman–Crippen LogP) is 2.37. The second-order valence-electron chi connectivity index (χ2n) is 4.53. The number of piperidine rings is 1. The second-order valence-corrected chi connectivity index (χ2v) is 4.53. The standard InChI is InChI=1S/C13H20N2O2.ClH/c16-12-6-2-8-15-13(12)17-9-3-5-11-4-1-7-14-10-11;/h2,6,8,11,14,16H,1,3-5,7,9-10H2;1H. The highest BCUT2D eigenvalue weighted by molar-refractivity contribution is 5.85. The normalized spacial score (nSPS) is 19.0. The average molecular weight is 273 g/mol. The molecular formula is C13H21ClN2O2. The third-order valence-corrected chi connectivity index (χ3v) is 3.15. The molecule has 1 aliphatic rings. The molecule has 4 nitrogen and oxygen atoms in total. The summed E-state index contributed by atoms with van der Waals surface area (Å²) in [5.41, 5.74) is 0. The van der Waals surface area contributed by atoms with Crippen molar-refractivity contribution in [3.8, 4) is 11.6 Å². The lowest BCUT2D eigenvalue weighted by atomic mass is 9.95. The lowest BCUT2D eigenvalue weighted by Gasteiger charge is -2.22. The minimum atomic E-state index is 0. The number of ether oxygens (including phenoxy) is 1. The van der Waals surface area contributed by atoms with Crippen molar-refractivity contribution >= 4 is 12.4 Å². The Morgan fingerprint density at radius 1 is 1.50 bits per heavy atom. The Hall–Kier alpha value is -1.00. The van der Waals surface area contributed by atoms with Gasteiger partial charge in [0.05, 0.1) is 6.61 Å². The first kappa shape index (κ1) is 15.1. The summed E-state index contributed by atoms with van der Waals surface area (Å²) in [5, 5.41) is 12.9. The van der Waals surface area contributed by atoms with E-state index in [1.807, 2.05) is 0 Å². The lowest BCUT2D eigenvalue weighted by molar-refractivity contribution is 0.258. The summed E-state index contributed by atoms with van der Waals surface area (Å²) in [4.78, 5) is 3.98. The summed E-state index contributed by atoms with van der Waals surface area (Å²) >= 11 is 0. The third-order valence-electron chi connectivity index (χ3n) is 3.15. The molecule has 0 radical (unpaired) electrons. The molecule has 0 saturated carbocycles. The first-order valence-electron chi connectivity index (χ1n) is 6.34. The number of halogens is 1. The van der Waals surface area contributed by atoms with Crippen LogP contribution >= 0.6 is 12.4 Å². The second kappa shape index (κ2) is 8.16. The van der Waals surface area contributed by atoms with Gasteiger partial charge in [-0.05, 0) is 56.8 Å². The maximum atomic E-state index is 9.46. The number of hydrogen-bond acceptors (Lipinski definition) is 4. The Kier molecular flexibility index (Phi) is 6.83. The first-order valence-corrected chi connectivity index (χ1v) is 6.34. The van der Waals surface area contributed by atoms with E-state index in [1.165, 1.54) is 19.3 Å². The third kappa shape index (κ3) is 4.70. The van der Waals surface area contributed by atoms with Gasteiger partial charge in [0.2, 0.25) is 0 Å². The Morgan fingerprint density at radius 2 is 2.39 bits per heavy atom. The summed E-state index contributed by atoms with van der Waals surface area (Å²) in [5.74, 6) is 1.24. The van der Waals surface area contributed by atoms with Crippen LogP contribution < -0.4 is 10.1 Å². The van der Waals surface area contributed by atoms with Gasteiger partial charge in [-0.3, -0.25) is 0 Å². The fourth-order valence-corrected chi connectivity index (χ4v) is 2.20. The van der Waals surface area contributed by atoms with Crippen LogP contribution in [0.2, 0.25) is 0 Å². The Morgan fingerprint density at radius 3 is 3.11 bits per heavy atom.